The summed E-state index contributed by atoms with van der Waals surface area (Å²) in [5.74, 6) is -0.314. The van der Waals surface area contributed by atoms with Gasteiger partial charge in [-0.3, -0.25) is 14.5 Å². The van der Waals surface area contributed by atoms with Crippen LogP contribution in [0.5, 0.6) is 0 Å². The number of sulfone groups is 1. The van der Waals surface area contributed by atoms with E-state index in [1.807, 2.05) is 37.2 Å². The van der Waals surface area contributed by atoms with Crippen molar-refractivity contribution in [2.45, 2.75) is 80.1 Å². The number of methoxy groups -OCH3 is 1. The minimum Gasteiger partial charge on any atom is -0.469 e. The van der Waals surface area contributed by atoms with Crippen molar-refractivity contribution in [1.82, 2.24) is 14.7 Å². The normalized spacial score (nSPS) is 26.7. The number of likely N-dealkylation sites (tertiary alicyclic amines) is 2. The van der Waals surface area contributed by atoms with Gasteiger partial charge in [-0.15, -0.1) is 0 Å². The summed E-state index contributed by atoms with van der Waals surface area (Å²) in [6.45, 7) is 17.0. The van der Waals surface area contributed by atoms with E-state index < -0.39 is 20.6 Å². The average molecular weight is 762 g/mol. The maximum absolute atomic E-state index is 14.8. The number of rotatable bonds is 13. The molecule has 10 nitrogen and oxygen atoms in total. The molecular formula is C42H56FN5O5S. The summed E-state index contributed by atoms with van der Waals surface area (Å²) >= 11 is 0. The second-order valence-corrected chi connectivity index (χ2v) is 18.7. The van der Waals surface area contributed by atoms with Crippen molar-refractivity contribution in [3.63, 3.8) is 0 Å². The summed E-state index contributed by atoms with van der Waals surface area (Å²) in [5.41, 5.74) is 0.813. The van der Waals surface area contributed by atoms with Gasteiger partial charge in [0.2, 0.25) is 5.91 Å². The van der Waals surface area contributed by atoms with Crippen LogP contribution in [-0.4, -0.2) is 113 Å². The number of carbonyl (C=O) groups excluding carboxylic acids is 2. The largest absolute Gasteiger partial charge is 0.469 e. The summed E-state index contributed by atoms with van der Waals surface area (Å²) in [6.07, 6.45) is 7.86. The first-order chi connectivity index (χ1) is 25.8. The number of piperidine rings is 1. The number of hydrogen-bond acceptors (Lipinski definition) is 8. The van der Waals surface area contributed by atoms with E-state index in [9.17, 15) is 22.4 Å². The van der Waals surface area contributed by atoms with Crippen LogP contribution in [0.4, 0.5) is 10.1 Å². The molecule has 0 bridgehead atoms. The van der Waals surface area contributed by atoms with Crippen molar-refractivity contribution in [2.75, 3.05) is 65.4 Å². The molecule has 3 aliphatic heterocycles. The maximum Gasteiger partial charge on any atom is 0.305 e. The van der Waals surface area contributed by atoms with E-state index >= 15 is 0 Å². The van der Waals surface area contributed by atoms with Gasteiger partial charge in [0.05, 0.1) is 12.0 Å². The Morgan fingerprint density at radius 1 is 1.04 bits per heavy atom. The van der Waals surface area contributed by atoms with Gasteiger partial charge < -0.3 is 24.3 Å². The zero-order valence-electron chi connectivity index (χ0n) is 32.4. The van der Waals surface area contributed by atoms with Crippen LogP contribution in [0.15, 0.2) is 65.6 Å². The zero-order valence-corrected chi connectivity index (χ0v) is 33.2. The fourth-order valence-electron chi connectivity index (χ4n) is 9.75. The number of ether oxygens (including phenoxy) is 1. The molecule has 1 aliphatic carbocycles. The van der Waals surface area contributed by atoms with Gasteiger partial charge in [-0.1, -0.05) is 24.6 Å². The van der Waals surface area contributed by atoms with E-state index in [1.54, 1.807) is 35.2 Å². The van der Waals surface area contributed by atoms with Crippen molar-refractivity contribution < 1.29 is 27.1 Å². The Hall–Kier alpha value is -3.79. The molecule has 1 saturated carbocycles. The predicted molar refractivity (Wildman–Crippen MR) is 208 cm³/mol. The Morgan fingerprint density at radius 3 is 2.33 bits per heavy atom. The molecule has 2 aromatic rings. The number of carbonyl (C=O) groups is 2. The molecule has 2 aromatic carbocycles. The third-order valence-electron chi connectivity index (χ3n) is 12.6. The van der Waals surface area contributed by atoms with Crippen LogP contribution in [0.25, 0.3) is 4.85 Å². The summed E-state index contributed by atoms with van der Waals surface area (Å²) < 4.78 is 46.4. The van der Waals surface area contributed by atoms with Crippen LogP contribution in [0.1, 0.15) is 57.9 Å². The Kier molecular flexibility index (Phi) is 12.2. The molecule has 4 aliphatic rings. The summed E-state index contributed by atoms with van der Waals surface area (Å²) in [4.78, 5) is 37.9. The maximum atomic E-state index is 14.8. The Morgan fingerprint density at radius 2 is 1.72 bits per heavy atom. The van der Waals surface area contributed by atoms with E-state index in [0.717, 1.165) is 63.0 Å². The first-order valence-corrected chi connectivity index (χ1v) is 21.0. The number of benzene rings is 2. The van der Waals surface area contributed by atoms with Crippen LogP contribution in [-0.2, 0) is 29.7 Å². The van der Waals surface area contributed by atoms with Crippen LogP contribution < -0.4 is 4.90 Å². The lowest BCUT2D eigenvalue weighted by Crippen LogP contribution is -2.58. The molecule has 3 saturated heterocycles. The molecule has 292 valence electrons. The monoisotopic (exact) mass is 761 g/mol. The highest BCUT2D eigenvalue weighted by Crippen LogP contribution is 2.55. The van der Waals surface area contributed by atoms with Gasteiger partial charge in [-0.2, -0.15) is 0 Å². The summed E-state index contributed by atoms with van der Waals surface area (Å²) in [7, 11) is 1.71. The fraction of sp³-hybridized carbons (Fsp3) is 0.595. The highest BCUT2D eigenvalue weighted by Gasteiger charge is 2.59. The highest BCUT2D eigenvalue weighted by atomic mass is 32.2. The first kappa shape index (κ1) is 39.9. The third-order valence-corrected chi connectivity index (χ3v) is 14.8. The van der Waals surface area contributed by atoms with Crippen LogP contribution >= 0.6 is 0 Å². The molecule has 54 heavy (non-hydrogen) atoms. The number of amides is 1. The second-order valence-electron chi connectivity index (χ2n) is 16.4. The zero-order chi connectivity index (χ0) is 38.8. The number of nitrogens with zero attached hydrogens (tertiary/aromatic N) is 5. The Labute approximate surface area is 321 Å². The van der Waals surface area contributed by atoms with Gasteiger partial charge in [-0.05, 0) is 95.9 Å². The number of esters is 1. The van der Waals surface area contributed by atoms with Crippen molar-refractivity contribution >= 4 is 27.4 Å². The molecular weight excluding hydrogens is 706 g/mol. The van der Waals surface area contributed by atoms with Gasteiger partial charge in [0.15, 0.2) is 9.84 Å². The molecule has 0 spiro atoms. The number of anilines is 1. The molecule has 6 rings (SSSR count). The standard InChI is InChI=1S/C42H56FN5O5S/c1-29-20-34(42(44-3,33-11-8-12-35(43)23-33)39-13-7-10-32(39)22-41(50)53-6)21-30(2)48(29)26-31-24-46(25-31)36-15-17-37(18-16-36)54(51,52)38-27-47(28-38)40(49)14-9-19-45(4)5/h8-9,11-12,14-18,23,29-32,34,38-39H,7,10,13,19-22,24-28H2,1-2,4-6H3/b14-9+/t29-,30+,32-,34?,39+,42+/m1/s1. The molecule has 12 heteroatoms. The summed E-state index contributed by atoms with van der Waals surface area (Å²) in [6, 6.07) is 14.2. The molecule has 3 heterocycles. The smallest absolute Gasteiger partial charge is 0.305 e. The Balaban J connectivity index is 1.06. The van der Waals surface area contributed by atoms with Crippen LogP contribution in [0.2, 0.25) is 0 Å². The predicted octanol–water partition coefficient (Wildman–Crippen LogP) is 5.65. The molecule has 0 N–H and O–H groups in total. The van der Waals surface area contributed by atoms with Crippen molar-refractivity contribution in [3.8, 4) is 0 Å². The van der Waals surface area contributed by atoms with Crippen molar-refractivity contribution in [3.05, 3.63) is 83.5 Å². The van der Waals surface area contributed by atoms with Crippen LogP contribution in [0.3, 0.4) is 0 Å². The van der Waals surface area contributed by atoms with Gasteiger partial charge in [-0.25, -0.2) is 19.4 Å². The fourth-order valence-corrected chi connectivity index (χ4v) is 11.4. The topological polar surface area (TPSA) is 94.8 Å². The van der Waals surface area contributed by atoms with E-state index in [4.69, 9.17) is 11.3 Å². The third kappa shape index (κ3) is 8.10. The molecule has 1 amide bonds. The van der Waals surface area contributed by atoms with E-state index in [1.165, 1.54) is 19.3 Å². The van der Waals surface area contributed by atoms with E-state index in [2.05, 4.69) is 28.5 Å². The van der Waals surface area contributed by atoms with Gasteiger partial charge in [0, 0.05) is 92.9 Å². The van der Waals surface area contributed by atoms with Crippen LogP contribution in [0, 0.1) is 36.1 Å². The molecule has 0 aromatic heterocycles. The molecule has 1 unspecified atom stereocenters. The lowest BCUT2D eigenvalue weighted by atomic mass is 9.61. The average Bonchev–Trinajstić information content (AvgIpc) is 3.55. The van der Waals surface area contributed by atoms with Crippen molar-refractivity contribution in [1.29, 1.82) is 0 Å². The lowest BCUT2D eigenvalue weighted by Gasteiger charge is -2.50. The van der Waals surface area contributed by atoms with Gasteiger partial charge in [0.1, 0.15) is 11.1 Å². The van der Waals surface area contributed by atoms with Gasteiger partial charge >= 0.3 is 5.97 Å². The minimum absolute atomic E-state index is 0.0161. The number of hydrogen-bond donors (Lipinski definition) is 0. The number of halogens is 1. The molecule has 6 atom stereocenters. The van der Waals surface area contributed by atoms with E-state index in [-0.39, 0.29) is 71.9 Å². The minimum atomic E-state index is -3.54. The summed E-state index contributed by atoms with van der Waals surface area (Å²) in [5, 5.41) is -0.593. The second kappa shape index (κ2) is 16.5. The highest BCUT2D eigenvalue weighted by molar-refractivity contribution is 7.92. The van der Waals surface area contributed by atoms with E-state index in [0.29, 0.717) is 12.5 Å². The number of likely N-dealkylation sites (N-methyl/N-ethyl adjacent to an activating group) is 1. The quantitative estimate of drug-likeness (QED) is 0.147. The SMILES string of the molecule is [C-]#[N+][C@@](c1cccc(F)c1)(C1C[C@@H](C)N(CC2CN(c3ccc(S(=O)(=O)C4CN(C(=O)/C=C/CN(C)C)C4)cc3)C2)[C@@H](C)C1)[C@H]1CCC[C@@H]1CC(=O)OC. The Bertz CT molecular complexity index is 1820. The van der Waals surface area contributed by atoms with Gasteiger partial charge in [0.25, 0.3) is 5.54 Å². The molecule has 0 radical (unpaired) electrons. The van der Waals surface area contributed by atoms with Crippen molar-refractivity contribution in [2.24, 2.45) is 23.7 Å². The first-order valence-electron chi connectivity index (χ1n) is 19.4. The molecule has 4 fully saturated rings. The lowest BCUT2D eigenvalue weighted by molar-refractivity contribution is -0.142.